The zero-order valence-corrected chi connectivity index (χ0v) is 15.2. The van der Waals surface area contributed by atoms with Crippen LogP contribution in [0.4, 0.5) is 5.69 Å². The Morgan fingerprint density at radius 2 is 1.50 bits per heavy atom. The van der Waals surface area contributed by atoms with Crippen LogP contribution in [0.1, 0.15) is 43.6 Å². The van der Waals surface area contributed by atoms with Gasteiger partial charge in [-0.3, -0.25) is 9.59 Å². The van der Waals surface area contributed by atoms with Gasteiger partial charge in [0.2, 0.25) is 0 Å². The van der Waals surface area contributed by atoms with Crippen LogP contribution in [0.3, 0.4) is 0 Å². The Morgan fingerprint density at radius 1 is 0.857 bits per heavy atom. The van der Waals surface area contributed by atoms with E-state index in [0.717, 1.165) is 16.9 Å². The number of anilines is 1. The number of imide groups is 1. The van der Waals surface area contributed by atoms with E-state index in [1.54, 1.807) is 54.6 Å². The summed E-state index contributed by atoms with van der Waals surface area (Å²) in [6, 6.07) is 20.3. The molecule has 0 aliphatic carbocycles. The molecule has 138 valence electrons. The number of aryl methyl sites for hydroxylation is 1. The number of esters is 1. The third-order valence-corrected chi connectivity index (χ3v) is 4.68. The van der Waals surface area contributed by atoms with E-state index in [1.807, 2.05) is 19.1 Å². The first-order valence-corrected chi connectivity index (χ1v) is 8.97. The topological polar surface area (TPSA) is 63.7 Å². The van der Waals surface area contributed by atoms with Crippen LogP contribution in [-0.4, -0.2) is 17.8 Å². The van der Waals surface area contributed by atoms with Crippen molar-refractivity contribution in [2.24, 2.45) is 0 Å². The molecule has 1 aliphatic rings. The van der Waals surface area contributed by atoms with Gasteiger partial charge in [-0.15, -0.1) is 0 Å². The molecule has 0 aromatic heterocycles. The Balaban J connectivity index is 1.59. The van der Waals surface area contributed by atoms with Crippen molar-refractivity contribution >= 4 is 23.5 Å². The lowest BCUT2D eigenvalue weighted by Gasteiger charge is -2.14. The minimum absolute atomic E-state index is 0.258. The van der Waals surface area contributed by atoms with Crippen LogP contribution in [0.25, 0.3) is 0 Å². The van der Waals surface area contributed by atoms with Crippen molar-refractivity contribution < 1.29 is 19.1 Å². The van der Waals surface area contributed by atoms with Crippen molar-refractivity contribution in [2.45, 2.75) is 13.3 Å². The second kappa shape index (κ2) is 7.12. The number of carbonyl (C=O) groups excluding carboxylic acids is 3. The number of ether oxygens (including phenoxy) is 1. The molecule has 4 rings (SSSR count). The highest BCUT2D eigenvalue weighted by Gasteiger charge is 2.36. The Bertz CT molecular complexity index is 1050. The zero-order valence-electron chi connectivity index (χ0n) is 15.2. The SMILES string of the molecule is CCc1ccc(OC(=O)c2cccc(N3C(=O)c4ccccc4C3=O)c2)cc1. The fraction of sp³-hybridized carbons (Fsp3) is 0.0870. The van der Waals surface area contributed by atoms with Crippen LogP contribution < -0.4 is 9.64 Å². The van der Waals surface area contributed by atoms with Gasteiger partial charge in [-0.2, -0.15) is 0 Å². The van der Waals surface area contributed by atoms with Crippen LogP contribution >= 0.6 is 0 Å². The maximum atomic E-state index is 12.6. The molecule has 3 aromatic carbocycles. The summed E-state index contributed by atoms with van der Waals surface area (Å²) in [5.74, 6) is -0.918. The molecule has 0 unspecified atom stereocenters. The molecule has 0 bridgehead atoms. The van der Waals surface area contributed by atoms with Gasteiger partial charge in [0, 0.05) is 0 Å². The minimum atomic E-state index is -0.553. The van der Waals surface area contributed by atoms with E-state index < -0.39 is 17.8 Å². The molecule has 0 saturated carbocycles. The molecule has 1 aliphatic heterocycles. The van der Waals surface area contributed by atoms with Gasteiger partial charge in [-0.05, 0) is 54.4 Å². The second-order valence-corrected chi connectivity index (χ2v) is 6.43. The molecular weight excluding hydrogens is 354 g/mol. The summed E-state index contributed by atoms with van der Waals surface area (Å²) in [5, 5.41) is 0. The first-order valence-electron chi connectivity index (χ1n) is 8.97. The van der Waals surface area contributed by atoms with E-state index in [-0.39, 0.29) is 5.56 Å². The van der Waals surface area contributed by atoms with E-state index in [2.05, 4.69) is 0 Å². The lowest BCUT2D eigenvalue weighted by molar-refractivity contribution is 0.0733. The predicted octanol–water partition coefficient (Wildman–Crippen LogP) is 4.27. The molecule has 28 heavy (non-hydrogen) atoms. The van der Waals surface area contributed by atoms with Crippen LogP contribution in [0.15, 0.2) is 72.8 Å². The summed E-state index contributed by atoms with van der Waals surface area (Å²) < 4.78 is 5.41. The highest BCUT2D eigenvalue weighted by atomic mass is 16.5. The summed E-state index contributed by atoms with van der Waals surface area (Å²) in [4.78, 5) is 38.8. The number of rotatable bonds is 4. The first kappa shape index (κ1) is 17.7. The minimum Gasteiger partial charge on any atom is -0.423 e. The van der Waals surface area contributed by atoms with Gasteiger partial charge in [-0.1, -0.05) is 37.3 Å². The lowest BCUT2D eigenvalue weighted by Crippen LogP contribution is -2.29. The Hall–Kier alpha value is -3.73. The molecule has 5 nitrogen and oxygen atoms in total. The molecule has 0 spiro atoms. The fourth-order valence-electron chi connectivity index (χ4n) is 3.15. The van der Waals surface area contributed by atoms with Gasteiger partial charge in [0.05, 0.1) is 22.4 Å². The van der Waals surface area contributed by atoms with Gasteiger partial charge < -0.3 is 4.74 Å². The van der Waals surface area contributed by atoms with Crippen molar-refractivity contribution in [2.75, 3.05) is 4.90 Å². The van der Waals surface area contributed by atoms with Crippen LogP contribution in [0.5, 0.6) is 5.75 Å². The number of amides is 2. The summed E-state index contributed by atoms with van der Waals surface area (Å²) in [6.45, 7) is 2.05. The molecule has 3 aromatic rings. The first-order chi connectivity index (χ1) is 13.6. The van der Waals surface area contributed by atoms with Crippen molar-refractivity contribution in [3.05, 3.63) is 95.1 Å². The Morgan fingerprint density at radius 3 is 2.11 bits per heavy atom. The summed E-state index contributed by atoms with van der Waals surface area (Å²) in [7, 11) is 0. The van der Waals surface area contributed by atoms with Gasteiger partial charge in [0.1, 0.15) is 5.75 Å². The van der Waals surface area contributed by atoms with Crippen molar-refractivity contribution in [1.29, 1.82) is 0 Å². The number of benzene rings is 3. The normalized spacial score (nSPS) is 12.8. The van der Waals surface area contributed by atoms with Crippen LogP contribution in [0, 0.1) is 0 Å². The van der Waals surface area contributed by atoms with Gasteiger partial charge in [0.25, 0.3) is 11.8 Å². The number of hydrogen-bond donors (Lipinski definition) is 0. The van der Waals surface area contributed by atoms with Crippen molar-refractivity contribution in [3.8, 4) is 5.75 Å². The van der Waals surface area contributed by atoms with Crippen LogP contribution in [0.2, 0.25) is 0 Å². The Kier molecular flexibility index (Phi) is 4.49. The monoisotopic (exact) mass is 371 g/mol. The number of carbonyl (C=O) groups is 3. The second-order valence-electron chi connectivity index (χ2n) is 6.43. The molecule has 5 heteroatoms. The Labute approximate surface area is 162 Å². The standard InChI is InChI=1S/C23H17NO4/c1-2-15-10-12-18(13-11-15)28-23(27)16-6-5-7-17(14-16)24-21(25)19-8-3-4-9-20(19)22(24)26/h3-14H,2H2,1H3. The number of hydrogen-bond acceptors (Lipinski definition) is 4. The van der Waals surface area contributed by atoms with Gasteiger partial charge in [0.15, 0.2) is 0 Å². The summed E-state index contributed by atoms with van der Waals surface area (Å²) in [5.41, 5.74) is 2.45. The van der Waals surface area contributed by atoms with Crippen LogP contribution in [-0.2, 0) is 6.42 Å². The van der Waals surface area contributed by atoms with Gasteiger partial charge in [-0.25, -0.2) is 9.69 Å². The largest absolute Gasteiger partial charge is 0.423 e. The predicted molar refractivity (Wildman–Crippen MR) is 105 cm³/mol. The van der Waals surface area contributed by atoms with E-state index >= 15 is 0 Å². The maximum absolute atomic E-state index is 12.6. The highest BCUT2D eigenvalue weighted by Crippen LogP contribution is 2.29. The van der Waals surface area contributed by atoms with Gasteiger partial charge >= 0.3 is 5.97 Å². The molecule has 0 saturated heterocycles. The van der Waals surface area contributed by atoms with Crippen molar-refractivity contribution in [1.82, 2.24) is 0 Å². The molecular formula is C23H17NO4. The summed E-state index contributed by atoms with van der Waals surface area (Å²) in [6.07, 6.45) is 0.899. The van der Waals surface area contributed by atoms with E-state index in [4.69, 9.17) is 4.74 Å². The molecule has 0 atom stereocenters. The average molecular weight is 371 g/mol. The molecule has 2 amide bonds. The molecule has 0 N–H and O–H groups in total. The van der Waals surface area contributed by atoms with E-state index in [9.17, 15) is 14.4 Å². The fourth-order valence-corrected chi connectivity index (χ4v) is 3.15. The molecule has 1 heterocycles. The number of nitrogens with zero attached hydrogens (tertiary/aromatic N) is 1. The highest BCUT2D eigenvalue weighted by molar-refractivity contribution is 6.34. The third-order valence-electron chi connectivity index (χ3n) is 4.68. The molecule has 0 radical (unpaired) electrons. The van der Waals surface area contributed by atoms with Crippen molar-refractivity contribution in [3.63, 3.8) is 0 Å². The molecule has 0 fully saturated rings. The number of fused-ring (bicyclic) bond motifs is 1. The van der Waals surface area contributed by atoms with E-state index in [1.165, 1.54) is 6.07 Å². The average Bonchev–Trinajstić information content (AvgIpc) is 2.99. The quantitative estimate of drug-likeness (QED) is 0.390. The smallest absolute Gasteiger partial charge is 0.343 e. The maximum Gasteiger partial charge on any atom is 0.343 e. The summed E-state index contributed by atoms with van der Waals surface area (Å²) >= 11 is 0. The lowest BCUT2D eigenvalue weighted by atomic mass is 10.1. The zero-order chi connectivity index (χ0) is 19.7. The third kappa shape index (κ3) is 3.07. The van der Waals surface area contributed by atoms with E-state index in [0.29, 0.717) is 22.6 Å².